The lowest BCUT2D eigenvalue weighted by molar-refractivity contribution is -0.0970. The smallest absolute Gasteiger partial charge is 0.292 e. The van der Waals surface area contributed by atoms with Crippen LogP contribution in [-0.2, 0) is 10.2 Å². The monoisotopic (exact) mass is 204 g/mol. The molecule has 0 atom stereocenters. The van der Waals surface area contributed by atoms with Crippen LogP contribution in [0, 0.1) is 0 Å². The van der Waals surface area contributed by atoms with Crippen molar-refractivity contribution < 1.29 is 35.1 Å². The lowest BCUT2D eigenvalue weighted by atomic mass is 11.5. The Morgan fingerprint density at radius 3 is 1.09 bits per heavy atom. The van der Waals surface area contributed by atoms with Gasteiger partial charge in [-0.3, -0.25) is 4.55 Å². The minimum atomic E-state index is -7.06. The van der Waals surface area contributed by atoms with Crippen molar-refractivity contribution in [3.63, 3.8) is 0 Å². The van der Waals surface area contributed by atoms with Gasteiger partial charge >= 0.3 is 11.0 Å². The number of rotatable bonds is 0. The second-order valence-electron chi connectivity index (χ2n) is 1.51. The van der Waals surface area contributed by atoms with Gasteiger partial charge in [-0.15, -0.1) is 0 Å². The predicted molar refractivity (Wildman–Crippen MR) is 24.3 cm³/mol. The van der Waals surface area contributed by atoms with Crippen molar-refractivity contribution in [1.29, 1.82) is 0 Å². The Balaban J connectivity index is 4.92. The van der Waals surface area contributed by atoms with Gasteiger partial charge in [0.05, 0.1) is 0 Å². The van der Waals surface area contributed by atoms with Gasteiger partial charge in [0.2, 0.25) is 0 Å². The Hall–Kier alpha value is -0.310. The van der Waals surface area contributed by atoms with Crippen molar-refractivity contribution in [3.05, 3.63) is 0 Å². The Morgan fingerprint density at radius 1 is 0.909 bits per heavy atom. The summed E-state index contributed by atoms with van der Waals surface area (Å²) in [5.41, 5.74) is -12.3. The zero-order valence-electron chi connectivity index (χ0n) is 4.57. The fourth-order valence-electron chi connectivity index (χ4n) is 0.144. The molecule has 0 aromatic rings. The lowest BCUT2D eigenvalue weighted by Crippen LogP contribution is -2.42. The van der Waals surface area contributed by atoms with E-state index in [4.69, 9.17) is 4.55 Å². The molecule has 0 amide bonds. The van der Waals surface area contributed by atoms with E-state index in [9.17, 15) is 30.6 Å². The molecule has 9 heteroatoms. The van der Waals surface area contributed by atoms with Crippen LogP contribution in [0.3, 0.4) is 0 Å². The fraction of sp³-hybridized carbons (Fsp3) is 1.00. The Morgan fingerprint density at radius 2 is 1.09 bits per heavy atom. The summed E-state index contributed by atoms with van der Waals surface area (Å²) in [5.74, 6) is 0. The van der Waals surface area contributed by atoms with Crippen LogP contribution in [0.2, 0.25) is 0 Å². The van der Waals surface area contributed by atoms with E-state index >= 15 is 0 Å². The van der Waals surface area contributed by atoms with Gasteiger partial charge in [0.15, 0.2) is 0 Å². The van der Waals surface area contributed by atoms with Gasteiger partial charge < -0.3 is 0 Å². The molecule has 11 heavy (non-hydrogen) atoms. The molecule has 0 saturated carbocycles. The molecule has 0 spiro atoms. The SMILES string of the molecule is O=[SH](O)(C(F)(F)F)C(F)(F)F. The molecule has 0 saturated heterocycles. The molecule has 0 radical (unpaired) electrons. The van der Waals surface area contributed by atoms with E-state index in [-0.39, 0.29) is 0 Å². The number of alkyl halides is 6. The second kappa shape index (κ2) is 2.34. The first-order valence-electron chi connectivity index (χ1n) is 1.96. The fourth-order valence-corrected chi connectivity index (χ4v) is 0.431. The van der Waals surface area contributed by atoms with E-state index in [0.717, 1.165) is 0 Å². The maximum atomic E-state index is 11.1. The Kier molecular flexibility index (Phi) is 2.27. The highest BCUT2D eigenvalue weighted by Crippen LogP contribution is 2.40. The highest BCUT2D eigenvalue weighted by atomic mass is 32.3. The van der Waals surface area contributed by atoms with Gasteiger partial charge in [-0.25, -0.2) is 0 Å². The summed E-state index contributed by atoms with van der Waals surface area (Å²) in [5, 5.41) is 0. The van der Waals surface area contributed by atoms with Gasteiger partial charge in [0, 0.05) is 0 Å². The average Bonchev–Trinajstić information content (AvgIpc) is 1.58. The van der Waals surface area contributed by atoms with E-state index in [0.29, 0.717) is 0 Å². The summed E-state index contributed by atoms with van der Waals surface area (Å²) in [4.78, 5) is 0. The van der Waals surface area contributed by atoms with Crippen molar-refractivity contribution >= 4 is 10.2 Å². The first-order valence-corrected chi connectivity index (χ1v) is 3.62. The third-order valence-corrected chi connectivity index (χ3v) is 2.06. The van der Waals surface area contributed by atoms with E-state index in [2.05, 4.69) is 0 Å². The molecule has 2 nitrogen and oxygen atoms in total. The summed E-state index contributed by atoms with van der Waals surface area (Å²) < 4.78 is 83.6. The third kappa shape index (κ3) is 1.83. The maximum Gasteiger partial charge on any atom is 0.497 e. The van der Waals surface area contributed by atoms with Gasteiger partial charge in [0.1, 0.15) is 0 Å². The van der Waals surface area contributed by atoms with Crippen molar-refractivity contribution in [2.24, 2.45) is 0 Å². The molecule has 0 bridgehead atoms. The molecule has 0 aliphatic rings. The van der Waals surface area contributed by atoms with Crippen LogP contribution in [0.25, 0.3) is 0 Å². The molecule has 0 unspecified atom stereocenters. The second-order valence-corrected chi connectivity index (χ2v) is 3.68. The van der Waals surface area contributed by atoms with Crippen LogP contribution >= 0.6 is 0 Å². The molecule has 70 valence electrons. The van der Waals surface area contributed by atoms with Gasteiger partial charge in [0.25, 0.3) is 0 Å². The zero-order valence-corrected chi connectivity index (χ0v) is 5.46. The van der Waals surface area contributed by atoms with E-state index in [1.165, 1.54) is 0 Å². The summed E-state index contributed by atoms with van der Waals surface area (Å²) in [6.45, 7) is 0. The van der Waals surface area contributed by atoms with Crippen LogP contribution in [0.5, 0.6) is 0 Å². The van der Waals surface area contributed by atoms with E-state index in [1.54, 1.807) is 0 Å². The topological polar surface area (TPSA) is 37.3 Å². The van der Waals surface area contributed by atoms with Crippen LogP contribution in [0.4, 0.5) is 26.3 Å². The number of hydrogen-bond acceptors (Lipinski definition) is 1. The molecule has 1 N–H and O–H groups in total. The molecule has 0 fully saturated rings. The molecule has 0 aliphatic carbocycles. The van der Waals surface area contributed by atoms with Crippen molar-refractivity contribution in [3.8, 4) is 0 Å². The Labute approximate surface area is 57.4 Å². The number of thiol groups is 1. The molecule has 0 aliphatic heterocycles. The number of halogens is 6. The predicted octanol–water partition coefficient (Wildman–Crippen LogP) is 1.52. The van der Waals surface area contributed by atoms with Crippen LogP contribution < -0.4 is 0 Å². The van der Waals surface area contributed by atoms with E-state index in [1.807, 2.05) is 0 Å². The minimum absolute atomic E-state index is 6.13. The quantitative estimate of drug-likeness (QED) is 0.463. The normalized spacial score (nSPS) is 16.6. The summed E-state index contributed by atoms with van der Waals surface area (Å²) in [6.07, 6.45) is 0. The first kappa shape index (κ1) is 10.7. The molecule has 0 aromatic carbocycles. The van der Waals surface area contributed by atoms with Gasteiger partial charge in [-0.1, -0.05) is 0 Å². The highest BCUT2D eigenvalue weighted by Gasteiger charge is 2.57. The largest absolute Gasteiger partial charge is 0.497 e. The molecule has 0 aromatic heterocycles. The molecular weight excluding hydrogens is 202 g/mol. The summed E-state index contributed by atoms with van der Waals surface area (Å²) >= 11 is 0. The third-order valence-electron chi connectivity index (χ3n) is 0.687. The minimum Gasteiger partial charge on any atom is -0.292 e. The van der Waals surface area contributed by atoms with E-state index < -0.39 is 21.2 Å². The highest BCUT2D eigenvalue weighted by molar-refractivity contribution is 7.99. The summed E-state index contributed by atoms with van der Waals surface area (Å²) in [6, 6.07) is 0. The lowest BCUT2D eigenvalue weighted by Gasteiger charge is -2.26. The Bertz CT molecular complexity index is 172. The maximum absolute atomic E-state index is 11.1. The number of hydrogen-bond donors (Lipinski definition) is 2. The summed E-state index contributed by atoms with van der Waals surface area (Å²) in [7, 11) is -7.06. The first-order chi connectivity index (χ1) is 4.50. The average molecular weight is 204 g/mol. The van der Waals surface area contributed by atoms with Gasteiger partial charge in [-0.05, 0) is 10.2 Å². The zero-order chi connectivity index (χ0) is 9.50. The van der Waals surface area contributed by atoms with Crippen LogP contribution in [-0.4, -0.2) is 19.8 Å². The molecular formula is C2H2F6O2S. The molecule has 0 heterocycles. The van der Waals surface area contributed by atoms with Gasteiger partial charge in [-0.2, -0.15) is 30.6 Å². The van der Waals surface area contributed by atoms with Crippen LogP contribution in [0.1, 0.15) is 0 Å². The standard InChI is InChI=1S/C2H2F6O2S/c3-1(4,5)11(9,10)2(6,7)8/h11H,(H,9,10). The van der Waals surface area contributed by atoms with Crippen molar-refractivity contribution in [2.45, 2.75) is 11.0 Å². The molecule has 0 rings (SSSR count). The van der Waals surface area contributed by atoms with Crippen molar-refractivity contribution in [2.75, 3.05) is 0 Å². The van der Waals surface area contributed by atoms with Crippen molar-refractivity contribution in [1.82, 2.24) is 0 Å². The van der Waals surface area contributed by atoms with Crippen LogP contribution in [0.15, 0.2) is 0 Å².